The fourth-order valence-corrected chi connectivity index (χ4v) is 7.83. The van der Waals surface area contributed by atoms with Crippen molar-refractivity contribution in [1.82, 2.24) is 4.72 Å². The number of thiophene rings is 1. The van der Waals surface area contributed by atoms with E-state index in [1.165, 1.54) is 19.3 Å². The average molecular weight is 617 g/mol. The number of carbonyl (C=O) groups is 1. The normalized spacial score (nSPS) is 13.2. The molecule has 0 spiro atoms. The highest BCUT2D eigenvalue weighted by Crippen LogP contribution is 2.42. The van der Waals surface area contributed by atoms with Crippen LogP contribution in [0, 0.1) is 0 Å². The van der Waals surface area contributed by atoms with Crippen molar-refractivity contribution < 1.29 is 18.3 Å². The first-order chi connectivity index (χ1) is 16.2. The fourth-order valence-electron chi connectivity index (χ4n) is 3.25. The number of aliphatic hydroxyl groups is 1. The lowest BCUT2D eigenvalue weighted by Crippen LogP contribution is -2.30. The smallest absolute Gasteiger partial charge is 0.267 e. The van der Waals surface area contributed by atoms with Gasteiger partial charge >= 0.3 is 0 Å². The Labute approximate surface area is 227 Å². The number of rotatable bonds is 18. The molecule has 10 heteroatoms. The molecule has 1 amide bonds. The van der Waals surface area contributed by atoms with Crippen molar-refractivity contribution in [2.75, 3.05) is 0 Å². The first-order valence-corrected chi connectivity index (χ1v) is 15.7. The molecule has 0 saturated heterocycles. The summed E-state index contributed by atoms with van der Waals surface area (Å²) in [6.45, 7) is 2.13. The van der Waals surface area contributed by atoms with Gasteiger partial charge in [0.15, 0.2) is 0 Å². The van der Waals surface area contributed by atoms with Gasteiger partial charge in [0, 0.05) is 6.42 Å². The lowest BCUT2D eigenvalue weighted by atomic mass is 10.1. The van der Waals surface area contributed by atoms with Crippen LogP contribution >= 0.6 is 50.5 Å². The zero-order valence-electron chi connectivity index (χ0n) is 19.7. The van der Waals surface area contributed by atoms with Gasteiger partial charge in [-0.2, -0.15) is 0 Å². The van der Waals surface area contributed by atoms with E-state index in [4.69, 9.17) is 23.2 Å². The molecule has 0 saturated carbocycles. The van der Waals surface area contributed by atoms with Crippen molar-refractivity contribution in [3.63, 3.8) is 0 Å². The molecule has 34 heavy (non-hydrogen) atoms. The standard InChI is InChI=1S/C24H36BrCl2NO4S2/c1-2-3-16-19(29)17-14-12-10-8-6-4-5-7-9-11-13-15-18-20(30)28-34(31,32)22-21(25)23(26)33-24(22)27/h9,11,14,17,19,29H,2-8,10,12-13,15-16,18H2,1H3,(H,28,30)/t19-/m1/s1. The molecule has 0 unspecified atom stereocenters. The molecule has 1 aromatic rings. The Morgan fingerprint density at radius 1 is 1.00 bits per heavy atom. The molecule has 1 aromatic heterocycles. The van der Waals surface area contributed by atoms with Gasteiger partial charge in [-0.25, -0.2) is 13.1 Å². The van der Waals surface area contributed by atoms with E-state index in [-0.39, 0.29) is 30.6 Å². The van der Waals surface area contributed by atoms with Gasteiger partial charge < -0.3 is 5.11 Å². The number of hydrogen-bond acceptors (Lipinski definition) is 5. The number of halogens is 3. The van der Waals surface area contributed by atoms with Crippen LogP contribution in [-0.2, 0) is 14.8 Å². The predicted octanol–water partition coefficient (Wildman–Crippen LogP) is 8.19. The van der Waals surface area contributed by atoms with Crippen LogP contribution in [0.1, 0.15) is 90.4 Å². The average Bonchev–Trinajstić information content (AvgIpc) is 3.03. The highest BCUT2D eigenvalue weighted by molar-refractivity contribution is 9.10. The first kappa shape index (κ1) is 31.6. The lowest BCUT2D eigenvalue weighted by Gasteiger charge is -2.06. The van der Waals surface area contributed by atoms with Gasteiger partial charge in [-0.1, -0.05) is 86.5 Å². The van der Waals surface area contributed by atoms with Gasteiger partial charge in [0.1, 0.15) is 13.6 Å². The molecule has 0 aliphatic carbocycles. The third kappa shape index (κ3) is 13.1. The third-order valence-electron chi connectivity index (χ3n) is 5.14. The van der Waals surface area contributed by atoms with Gasteiger partial charge in [-0.15, -0.1) is 11.3 Å². The number of nitrogens with one attached hydrogen (secondary N) is 1. The molecular weight excluding hydrogens is 581 g/mol. The molecule has 0 aliphatic rings. The first-order valence-electron chi connectivity index (χ1n) is 11.9. The molecule has 2 N–H and O–H groups in total. The molecule has 1 heterocycles. The highest BCUT2D eigenvalue weighted by atomic mass is 79.9. The van der Waals surface area contributed by atoms with E-state index in [2.05, 4.69) is 39.7 Å². The molecule has 1 rings (SSSR count). The Morgan fingerprint density at radius 2 is 1.59 bits per heavy atom. The van der Waals surface area contributed by atoms with E-state index in [1.54, 1.807) is 0 Å². The highest BCUT2D eigenvalue weighted by Gasteiger charge is 2.27. The number of unbranched alkanes of at least 4 members (excludes halogenated alkanes) is 8. The number of allylic oxidation sites excluding steroid dienone is 3. The van der Waals surface area contributed by atoms with E-state index in [0.717, 1.165) is 62.7 Å². The molecule has 0 aliphatic heterocycles. The molecule has 1 atom stereocenters. The fraction of sp³-hybridized carbons (Fsp3) is 0.625. The minimum Gasteiger partial charge on any atom is -0.389 e. The molecule has 194 valence electrons. The van der Waals surface area contributed by atoms with Crippen molar-refractivity contribution in [1.29, 1.82) is 0 Å². The van der Waals surface area contributed by atoms with Gasteiger partial charge in [0.25, 0.3) is 10.0 Å². The van der Waals surface area contributed by atoms with E-state index < -0.39 is 15.9 Å². The lowest BCUT2D eigenvalue weighted by molar-refractivity contribution is -0.119. The number of aliphatic hydroxyl groups excluding tert-OH is 1. The summed E-state index contributed by atoms with van der Waals surface area (Å²) in [5, 5.41) is 9.74. The summed E-state index contributed by atoms with van der Waals surface area (Å²) in [4.78, 5) is 11.8. The number of sulfonamides is 1. The van der Waals surface area contributed by atoms with Crippen LogP contribution in [0.15, 0.2) is 33.7 Å². The zero-order valence-corrected chi connectivity index (χ0v) is 24.4. The van der Waals surface area contributed by atoms with Crippen molar-refractivity contribution in [2.45, 2.75) is 101 Å². The summed E-state index contributed by atoms with van der Waals surface area (Å²) in [6, 6.07) is 0. The maximum absolute atomic E-state index is 12.4. The van der Waals surface area contributed by atoms with Crippen LogP contribution in [0.4, 0.5) is 0 Å². The SMILES string of the molecule is CCCC[C@@H](O)C=CCCCCCCCC=CCCCC(=O)NS(=O)(=O)c1c(Cl)sc(Cl)c1Br. The van der Waals surface area contributed by atoms with E-state index in [0.29, 0.717) is 6.42 Å². The summed E-state index contributed by atoms with van der Waals surface area (Å²) in [5.74, 6) is -0.566. The van der Waals surface area contributed by atoms with Crippen LogP contribution in [0.3, 0.4) is 0 Å². The van der Waals surface area contributed by atoms with Crippen LogP contribution in [-0.4, -0.2) is 25.5 Å². The molecular formula is C24H36BrCl2NO4S2. The largest absolute Gasteiger partial charge is 0.389 e. The minimum atomic E-state index is -4.06. The Bertz CT molecular complexity index is 901. The Balaban J connectivity index is 2.07. The summed E-state index contributed by atoms with van der Waals surface area (Å²) in [5.41, 5.74) is 0. The monoisotopic (exact) mass is 615 g/mol. The number of hydrogen-bond donors (Lipinski definition) is 2. The molecule has 0 fully saturated rings. The number of carbonyl (C=O) groups excluding carboxylic acids is 1. The maximum atomic E-state index is 12.4. The Kier molecular flexibility index (Phi) is 16.7. The predicted molar refractivity (Wildman–Crippen MR) is 147 cm³/mol. The Hall–Kier alpha value is -0.380. The minimum absolute atomic E-state index is 0.00888. The summed E-state index contributed by atoms with van der Waals surface area (Å²) < 4.78 is 27.2. The molecule has 0 bridgehead atoms. The topological polar surface area (TPSA) is 83.5 Å². The number of amides is 1. The quantitative estimate of drug-likeness (QED) is 0.129. The molecule has 0 aromatic carbocycles. The Morgan fingerprint density at radius 3 is 2.18 bits per heavy atom. The third-order valence-corrected chi connectivity index (χ3v) is 9.98. The van der Waals surface area contributed by atoms with Crippen molar-refractivity contribution in [2.24, 2.45) is 0 Å². The molecule has 5 nitrogen and oxygen atoms in total. The second kappa shape index (κ2) is 18.0. The zero-order chi connectivity index (χ0) is 25.4. The van der Waals surface area contributed by atoms with E-state index >= 15 is 0 Å². The summed E-state index contributed by atoms with van der Waals surface area (Å²) >= 11 is 15.8. The maximum Gasteiger partial charge on any atom is 0.267 e. The molecule has 0 radical (unpaired) electrons. The van der Waals surface area contributed by atoms with Crippen molar-refractivity contribution >= 4 is 66.4 Å². The van der Waals surface area contributed by atoms with Gasteiger partial charge in [-0.3, -0.25) is 4.79 Å². The van der Waals surface area contributed by atoms with Crippen LogP contribution in [0.2, 0.25) is 8.67 Å². The van der Waals surface area contributed by atoms with E-state index in [9.17, 15) is 18.3 Å². The van der Waals surface area contributed by atoms with Crippen LogP contribution in [0.5, 0.6) is 0 Å². The van der Waals surface area contributed by atoms with Crippen molar-refractivity contribution in [3.8, 4) is 0 Å². The summed E-state index contributed by atoms with van der Waals surface area (Å²) in [6.07, 6.45) is 20.3. The van der Waals surface area contributed by atoms with Gasteiger partial charge in [0.2, 0.25) is 5.91 Å². The second-order valence-corrected chi connectivity index (χ2v) is 12.8. The second-order valence-electron chi connectivity index (χ2n) is 8.17. The van der Waals surface area contributed by atoms with Gasteiger partial charge in [0.05, 0.1) is 10.6 Å². The summed E-state index contributed by atoms with van der Waals surface area (Å²) in [7, 11) is -4.06. The van der Waals surface area contributed by atoms with Gasteiger partial charge in [-0.05, 0) is 60.9 Å². The van der Waals surface area contributed by atoms with Crippen molar-refractivity contribution in [3.05, 3.63) is 37.4 Å². The van der Waals surface area contributed by atoms with E-state index in [1.807, 2.05) is 12.2 Å². The van der Waals surface area contributed by atoms with Crippen LogP contribution in [0.25, 0.3) is 0 Å². The van der Waals surface area contributed by atoms with Crippen LogP contribution < -0.4 is 4.72 Å².